The summed E-state index contributed by atoms with van der Waals surface area (Å²) in [7, 11) is 0. The first-order valence-corrected chi connectivity index (χ1v) is 6.63. The topological polar surface area (TPSA) is 9.23 Å². The van der Waals surface area contributed by atoms with Gasteiger partial charge in [-0.05, 0) is 25.7 Å². The van der Waals surface area contributed by atoms with Crippen LogP contribution in [0.4, 0.5) is 0 Å². The molecule has 0 bridgehead atoms. The largest absolute Gasteiger partial charge is 0.360 e. The molecule has 2 unspecified atom stereocenters. The first-order chi connectivity index (χ1) is 8.24. The fourth-order valence-corrected chi connectivity index (χ4v) is 2.52. The smallest absolute Gasteiger partial charge is 0.0909 e. The predicted molar refractivity (Wildman–Crippen MR) is 72.9 cm³/mol. The number of rotatable bonds is 4. The average Bonchev–Trinajstić information content (AvgIpc) is 2.41. The van der Waals surface area contributed by atoms with Gasteiger partial charge in [-0.15, -0.1) is 0 Å². The van der Waals surface area contributed by atoms with Gasteiger partial charge in [0.15, 0.2) is 0 Å². The van der Waals surface area contributed by atoms with E-state index in [-0.39, 0.29) is 11.2 Å². The summed E-state index contributed by atoms with van der Waals surface area (Å²) in [4.78, 5) is 0. The summed E-state index contributed by atoms with van der Waals surface area (Å²) in [5, 5.41) is 0. The van der Waals surface area contributed by atoms with Crippen LogP contribution in [0.1, 0.15) is 39.5 Å². The van der Waals surface area contributed by atoms with Crippen molar-refractivity contribution >= 4 is 0 Å². The highest BCUT2D eigenvalue weighted by molar-refractivity contribution is 5.23. The Kier molecular flexibility index (Phi) is 3.68. The molecule has 0 aromatic rings. The molecule has 0 saturated carbocycles. The van der Waals surface area contributed by atoms with Gasteiger partial charge < -0.3 is 4.74 Å². The van der Waals surface area contributed by atoms with Crippen molar-refractivity contribution in [1.29, 1.82) is 0 Å². The first-order valence-electron chi connectivity index (χ1n) is 6.63. The molecule has 2 atom stereocenters. The lowest BCUT2D eigenvalue weighted by Crippen LogP contribution is -2.42. The van der Waals surface area contributed by atoms with Gasteiger partial charge in [0.05, 0.1) is 11.2 Å². The second kappa shape index (κ2) is 5.05. The van der Waals surface area contributed by atoms with E-state index in [0.29, 0.717) is 0 Å². The minimum atomic E-state index is -0.111. The quantitative estimate of drug-likeness (QED) is 0.698. The van der Waals surface area contributed by atoms with Gasteiger partial charge in [-0.2, -0.15) is 0 Å². The van der Waals surface area contributed by atoms with Gasteiger partial charge in [0.2, 0.25) is 0 Å². The minimum absolute atomic E-state index is 0.111. The van der Waals surface area contributed by atoms with Gasteiger partial charge in [0.25, 0.3) is 0 Å². The fourth-order valence-electron chi connectivity index (χ4n) is 2.52. The lowest BCUT2D eigenvalue weighted by molar-refractivity contribution is -0.109. The first kappa shape index (κ1) is 12.4. The molecule has 0 aromatic carbocycles. The van der Waals surface area contributed by atoms with Gasteiger partial charge in [0, 0.05) is 0 Å². The summed E-state index contributed by atoms with van der Waals surface area (Å²) in [6, 6.07) is 0. The predicted octanol–water partition coefficient (Wildman–Crippen LogP) is 4.33. The zero-order valence-electron chi connectivity index (χ0n) is 10.9. The van der Waals surface area contributed by atoms with Crippen molar-refractivity contribution in [3.05, 3.63) is 48.6 Å². The molecular formula is C16H22O. The van der Waals surface area contributed by atoms with Crippen LogP contribution in [-0.4, -0.2) is 11.2 Å². The van der Waals surface area contributed by atoms with E-state index in [1.807, 2.05) is 0 Å². The maximum Gasteiger partial charge on any atom is 0.0909 e. The average molecular weight is 230 g/mol. The van der Waals surface area contributed by atoms with E-state index in [1.165, 1.54) is 0 Å². The Labute approximate surface area is 105 Å². The van der Waals surface area contributed by atoms with Crippen molar-refractivity contribution in [2.75, 3.05) is 0 Å². The van der Waals surface area contributed by atoms with Crippen LogP contribution in [0.3, 0.4) is 0 Å². The molecule has 0 amide bonds. The van der Waals surface area contributed by atoms with Crippen LogP contribution < -0.4 is 0 Å². The molecule has 0 fully saturated rings. The Hall–Kier alpha value is -1.08. The molecule has 17 heavy (non-hydrogen) atoms. The molecule has 92 valence electrons. The molecule has 0 aromatic heterocycles. The van der Waals surface area contributed by atoms with Crippen LogP contribution >= 0.6 is 0 Å². The Morgan fingerprint density at radius 3 is 1.59 bits per heavy atom. The SMILES string of the molecule is CCC1(OC2(CC)C=CC=CC2)C=CC=CC1. The molecule has 0 radical (unpaired) electrons. The lowest BCUT2D eigenvalue weighted by Gasteiger charge is -2.41. The summed E-state index contributed by atoms with van der Waals surface area (Å²) in [6.07, 6.45) is 21.3. The van der Waals surface area contributed by atoms with Gasteiger partial charge in [0.1, 0.15) is 0 Å². The second-order valence-corrected chi connectivity index (χ2v) is 4.92. The number of ether oxygens (including phenoxy) is 1. The van der Waals surface area contributed by atoms with Gasteiger partial charge in [-0.3, -0.25) is 0 Å². The van der Waals surface area contributed by atoms with E-state index < -0.39 is 0 Å². The Bertz CT molecular complexity index is 339. The Balaban J connectivity index is 2.17. The summed E-state index contributed by atoms with van der Waals surface area (Å²) in [5.74, 6) is 0. The van der Waals surface area contributed by atoms with Crippen LogP contribution in [0.15, 0.2) is 48.6 Å². The maximum absolute atomic E-state index is 6.53. The van der Waals surface area contributed by atoms with Crippen molar-refractivity contribution in [2.45, 2.75) is 50.7 Å². The number of allylic oxidation sites excluding steroid dienone is 4. The molecule has 0 aliphatic heterocycles. The lowest BCUT2D eigenvalue weighted by atomic mass is 9.87. The van der Waals surface area contributed by atoms with Gasteiger partial charge in [-0.1, -0.05) is 62.5 Å². The summed E-state index contributed by atoms with van der Waals surface area (Å²) >= 11 is 0. The van der Waals surface area contributed by atoms with E-state index in [0.717, 1.165) is 25.7 Å². The molecule has 0 spiro atoms. The molecule has 0 heterocycles. The Morgan fingerprint density at radius 1 is 0.824 bits per heavy atom. The number of hydrogen-bond acceptors (Lipinski definition) is 1. The van der Waals surface area contributed by atoms with Gasteiger partial charge >= 0.3 is 0 Å². The summed E-state index contributed by atoms with van der Waals surface area (Å²) in [5.41, 5.74) is -0.222. The molecule has 0 saturated heterocycles. The van der Waals surface area contributed by atoms with E-state index >= 15 is 0 Å². The molecule has 2 rings (SSSR count). The van der Waals surface area contributed by atoms with Crippen molar-refractivity contribution in [3.8, 4) is 0 Å². The van der Waals surface area contributed by atoms with Crippen LogP contribution in [0, 0.1) is 0 Å². The van der Waals surface area contributed by atoms with Crippen molar-refractivity contribution in [3.63, 3.8) is 0 Å². The van der Waals surface area contributed by atoms with E-state index in [1.54, 1.807) is 0 Å². The normalized spacial score (nSPS) is 35.4. The minimum Gasteiger partial charge on any atom is -0.360 e. The van der Waals surface area contributed by atoms with Crippen molar-refractivity contribution in [2.24, 2.45) is 0 Å². The molecule has 2 aliphatic carbocycles. The molecule has 1 heteroatoms. The molecule has 1 nitrogen and oxygen atoms in total. The molecule has 2 aliphatic rings. The third kappa shape index (κ3) is 2.61. The third-order valence-electron chi connectivity index (χ3n) is 3.82. The zero-order chi connectivity index (χ0) is 12.2. The third-order valence-corrected chi connectivity index (χ3v) is 3.82. The maximum atomic E-state index is 6.53. The van der Waals surface area contributed by atoms with E-state index in [9.17, 15) is 0 Å². The van der Waals surface area contributed by atoms with E-state index in [4.69, 9.17) is 4.74 Å². The standard InChI is InChI=1S/C16H22O/c1-3-15(11-7-5-8-12-15)17-16(4-2)13-9-6-10-14-16/h5-11,13H,3-4,12,14H2,1-2H3. The van der Waals surface area contributed by atoms with Gasteiger partial charge in [-0.25, -0.2) is 0 Å². The molecule has 0 N–H and O–H groups in total. The fraction of sp³-hybridized carbons (Fsp3) is 0.500. The summed E-state index contributed by atoms with van der Waals surface area (Å²) < 4.78 is 6.53. The highest BCUT2D eigenvalue weighted by atomic mass is 16.5. The van der Waals surface area contributed by atoms with E-state index in [2.05, 4.69) is 62.5 Å². The van der Waals surface area contributed by atoms with Crippen LogP contribution in [-0.2, 0) is 4.74 Å². The highest BCUT2D eigenvalue weighted by Crippen LogP contribution is 2.36. The van der Waals surface area contributed by atoms with Crippen molar-refractivity contribution < 1.29 is 4.74 Å². The zero-order valence-corrected chi connectivity index (χ0v) is 10.9. The molecular weight excluding hydrogens is 208 g/mol. The second-order valence-electron chi connectivity index (χ2n) is 4.92. The number of hydrogen-bond donors (Lipinski definition) is 0. The van der Waals surface area contributed by atoms with Crippen LogP contribution in [0.25, 0.3) is 0 Å². The van der Waals surface area contributed by atoms with Crippen LogP contribution in [0.5, 0.6) is 0 Å². The summed E-state index contributed by atoms with van der Waals surface area (Å²) in [6.45, 7) is 4.41. The Morgan fingerprint density at radius 2 is 1.29 bits per heavy atom. The van der Waals surface area contributed by atoms with Crippen molar-refractivity contribution in [1.82, 2.24) is 0 Å². The highest BCUT2D eigenvalue weighted by Gasteiger charge is 2.36. The monoisotopic (exact) mass is 230 g/mol. The van der Waals surface area contributed by atoms with Crippen LogP contribution in [0.2, 0.25) is 0 Å².